The van der Waals surface area contributed by atoms with Crippen LogP contribution in [0.2, 0.25) is 0 Å². The molecule has 2 nitrogen and oxygen atoms in total. The first kappa shape index (κ1) is 12.7. The lowest BCUT2D eigenvalue weighted by atomic mass is 9.73. The molecule has 1 atom stereocenters. The lowest BCUT2D eigenvalue weighted by Gasteiger charge is -2.41. The number of hydrogen-bond acceptors (Lipinski definition) is 2. The predicted molar refractivity (Wildman–Crippen MR) is 64.9 cm³/mol. The van der Waals surface area contributed by atoms with Gasteiger partial charge in [-0.1, -0.05) is 31.4 Å². The highest BCUT2D eigenvalue weighted by atomic mass is 16.3. The molecule has 1 N–H and O–H groups in total. The SMILES string of the molecule is C=C(C)C(CN(C)C)C1(O)CCCCC1. The first-order valence-corrected chi connectivity index (χ1v) is 5.98. The predicted octanol–water partition coefficient (Wildman–Crippen LogP) is 2.44. The third-order valence-corrected chi connectivity index (χ3v) is 3.51. The maximum Gasteiger partial charge on any atom is 0.0724 e. The normalized spacial score (nSPS) is 22.7. The fourth-order valence-electron chi connectivity index (χ4n) is 2.66. The van der Waals surface area contributed by atoms with Crippen LogP contribution in [0, 0.1) is 5.92 Å². The van der Waals surface area contributed by atoms with Crippen molar-refractivity contribution in [1.29, 1.82) is 0 Å². The van der Waals surface area contributed by atoms with Crippen LogP contribution in [0.25, 0.3) is 0 Å². The van der Waals surface area contributed by atoms with Crippen LogP contribution in [0.5, 0.6) is 0 Å². The molecule has 0 saturated heterocycles. The molecule has 0 aromatic heterocycles. The van der Waals surface area contributed by atoms with Crippen molar-refractivity contribution in [3.8, 4) is 0 Å². The zero-order chi connectivity index (χ0) is 11.5. The van der Waals surface area contributed by atoms with Gasteiger partial charge in [0.15, 0.2) is 0 Å². The number of nitrogens with zero attached hydrogens (tertiary/aromatic N) is 1. The second kappa shape index (κ2) is 5.13. The van der Waals surface area contributed by atoms with Crippen molar-refractivity contribution in [3.05, 3.63) is 12.2 Å². The van der Waals surface area contributed by atoms with Crippen molar-refractivity contribution in [1.82, 2.24) is 4.90 Å². The summed E-state index contributed by atoms with van der Waals surface area (Å²) in [5.41, 5.74) is 0.627. The molecule has 15 heavy (non-hydrogen) atoms. The van der Waals surface area contributed by atoms with E-state index in [0.717, 1.165) is 37.8 Å². The van der Waals surface area contributed by atoms with Crippen molar-refractivity contribution < 1.29 is 5.11 Å². The van der Waals surface area contributed by atoms with Gasteiger partial charge >= 0.3 is 0 Å². The third-order valence-electron chi connectivity index (χ3n) is 3.51. The Kier molecular flexibility index (Phi) is 4.35. The molecule has 0 spiro atoms. The van der Waals surface area contributed by atoms with E-state index in [2.05, 4.69) is 25.6 Å². The molecular weight excluding hydrogens is 186 g/mol. The minimum absolute atomic E-state index is 0.229. The van der Waals surface area contributed by atoms with E-state index in [-0.39, 0.29) is 5.92 Å². The summed E-state index contributed by atoms with van der Waals surface area (Å²) in [7, 11) is 4.12. The van der Waals surface area contributed by atoms with E-state index in [1.54, 1.807) is 0 Å². The van der Waals surface area contributed by atoms with E-state index in [0.29, 0.717) is 0 Å². The standard InChI is InChI=1S/C13H25NO/c1-11(2)12(10-14(3)4)13(15)8-6-5-7-9-13/h12,15H,1,5-10H2,2-4H3. The molecule has 0 radical (unpaired) electrons. The van der Waals surface area contributed by atoms with E-state index in [4.69, 9.17) is 0 Å². The lowest BCUT2D eigenvalue weighted by Crippen LogP contribution is -2.44. The smallest absolute Gasteiger partial charge is 0.0724 e. The first-order valence-electron chi connectivity index (χ1n) is 5.98. The molecule has 1 aliphatic rings. The maximum atomic E-state index is 10.7. The summed E-state index contributed by atoms with van der Waals surface area (Å²) in [6.45, 7) is 6.99. The van der Waals surface area contributed by atoms with Gasteiger partial charge in [-0.15, -0.1) is 0 Å². The topological polar surface area (TPSA) is 23.5 Å². The van der Waals surface area contributed by atoms with E-state index in [9.17, 15) is 5.11 Å². The average Bonchev–Trinajstić information content (AvgIpc) is 2.14. The van der Waals surface area contributed by atoms with E-state index >= 15 is 0 Å². The average molecular weight is 211 g/mol. The molecule has 2 heteroatoms. The molecule has 0 aliphatic heterocycles. The molecule has 1 saturated carbocycles. The van der Waals surface area contributed by atoms with Crippen LogP contribution in [-0.4, -0.2) is 36.2 Å². The molecule has 1 fully saturated rings. The highest BCUT2D eigenvalue weighted by molar-refractivity contribution is 5.07. The summed E-state index contributed by atoms with van der Waals surface area (Å²) >= 11 is 0. The van der Waals surface area contributed by atoms with Gasteiger partial charge in [0, 0.05) is 12.5 Å². The quantitative estimate of drug-likeness (QED) is 0.722. The molecule has 1 unspecified atom stereocenters. The van der Waals surface area contributed by atoms with Crippen molar-refractivity contribution in [3.63, 3.8) is 0 Å². The zero-order valence-corrected chi connectivity index (χ0v) is 10.4. The van der Waals surface area contributed by atoms with Crippen LogP contribution in [0.3, 0.4) is 0 Å². The van der Waals surface area contributed by atoms with Crippen molar-refractivity contribution >= 4 is 0 Å². The summed E-state index contributed by atoms with van der Waals surface area (Å²) in [5, 5.41) is 10.7. The molecule has 0 bridgehead atoms. The van der Waals surface area contributed by atoms with Crippen LogP contribution in [0.1, 0.15) is 39.0 Å². The highest BCUT2D eigenvalue weighted by Crippen LogP contribution is 2.37. The van der Waals surface area contributed by atoms with E-state index < -0.39 is 5.60 Å². The summed E-state index contributed by atoms with van der Waals surface area (Å²) in [5.74, 6) is 0.229. The monoisotopic (exact) mass is 211 g/mol. The molecule has 88 valence electrons. The number of hydrogen-bond donors (Lipinski definition) is 1. The zero-order valence-electron chi connectivity index (χ0n) is 10.4. The minimum atomic E-state index is -0.492. The van der Waals surface area contributed by atoms with Gasteiger partial charge in [0.2, 0.25) is 0 Å². The molecule has 0 aromatic rings. The molecule has 1 rings (SSSR count). The third kappa shape index (κ3) is 3.32. The van der Waals surface area contributed by atoms with Crippen molar-refractivity contribution in [2.75, 3.05) is 20.6 Å². The molecule has 0 amide bonds. The molecule has 0 aromatic carbocycles. The van der Waals surface area contributed by atoms with Gasteiger partial charge in [-0.05, 0) is 33.9 Å². The molecular formula is C13H25NO. The van der Waals surface area contributed by atoms with Gasteiger partial charge in [-0.25, -0.2) is 0 Å². The Bertz CT molecular complexity index is 217. The Morgan fingerprint density at radius 2 is 1.87 bits per heavy atom. The Morgan fingerprint density at radius 1 is 1.33 bits per heavy atom. The molecule has 1 aliphatic carbocycles. The largest absolute Gasteiger partial charge is 0.389 e. The van der Waals surface area contributed by atoms with Crippen molar-refractivity contribution in [2.45, 2.75) is 44.6 Å². The fraction of sp³-hybridized carbons (Fsp3) is 0.846. The number of rotatable bonds is 4. The Hall–Kier alpha value is -0.340. The van der Waals surface area contributed by atoms with Gasteiger partial charge in [-0.2, -0.15) is 0 Å². The Morgan fingerprint density at radius 3 is 2.27 bits per heavy atom. The van der Waals surface area contributed by atoms with Crippen LogP contribution in [0.15, 0.2) is 12.2 Å². The van der Waals surface area contributed by atoms with Crippen LogP contribution >= 0.6 is 0 Å². The van der Waals surface area contributed by atoms with Gasteiger partial charge in [0.05, 0.1) is 5.60 Å². The minimum Gasteiger partial charge on any atom is -0.389 e. The molecule has 0 heterocycles. The van der Waals surface area contributed by atoms with Crippen LogP contribution < -0.4 is 0 Å². The van der Waals surface area contributed by atoms with Gasteiger partial charge in [-0.3, -0.25) is 0 Å². The van der Waals surface area contributed by atoms with Gasteiger partial charge < -0.3 is 10.0 Å². The van der Waals surface area contributed by atoms with Gasteiger partial charge in [0.25, 0.3) is 0 Å². The maximum absolute atomic E-state index is 10.7. The highest BCUT2D eigenvalue weighted by Gasteiger charge is 2.38. The number of aliphatic hydroxyl groups is 1. The summed E-state index contributed by atoms with van der Waals surface area (Å²) in [4.78, 5) is 2.14. The summed E-state index contributed by atoms with van der Waals surface area (Å²) in [6.07, 6.45) is 5.48. The van der Waals surface area contributed by atoms with Crippen LogP contribution in [0.4, 0.5) is 0 Å². The second-order valence-corrected chi connectivity index (χ2v) is 5.33. The Labute approximate surface area is 94.0 Å². The van der Waals surface area contributed by atoms with Crippen LogP contribution in [-0.2, 0) is 0 Å². The second-order valence-electron chi connectivity index (χ2n) is 5.33. The fourth-order valence-corrected chi connectivity index (χ4v) is 2.66. The van der Waals surface area contributed by atoms with E-state index in [1.165, 1.54) is 6.42 Å². The summed E-state index contributed by atoms with van der Waals surface area (Å²) in [6, 6.07) is 0. The van der Waals surface area contributed by atoms with Gasteiger partial charge in [0.1, 0.15) is 0 Å². The Balaban J connectivity index is 2.72. The lowest BCUT2D eigenvalue weighted by molar-refractivity contribution is -0.0429. The van der Waals surface area contributed by atoms with Crippen molar-refractivity contribution in [2.24, 2.45) is 5.92 Å². The van der Waals surface area contributed by atoms with E-state index in [1.807, 2.05) is 6.92 Å². The summed E-state index contributed by atoms with van der Waals surface area (Å²) < 4.78 is 0. The first-order chi connectivity index (χ1) is 6.96.